The number of amides is 2. The van der Waals surface area contributed by atoms with Crippen molar-refractivity contribution >= 4 is 93.2 Å². The molecule has 1 unspecified atom stereocenters. The Bertz CT molecular complexity index is 2890. The Labute approximate surface area is 393 Å². The van der Waals surface area contributed by atoms with Crippen molar-refractivity contribution in [2.75, 3.05) is 11.4 Å². The average Bonchev–Trinajstić information content (AvgIpc) is 4.18. The van der Waals surface area contributed by atoms with Gasteiger partial charge in [-0.15, -0.1) is 45.3 Å². The van der Waals surface area contributed by atoms with Crippen molar-refractivity contribution < 1.29 is 28.7 Å². The maximum atomic E-state index is 13.8. The Balaban J connectivity index is 0.974. The van der Waals surface area contributed by atoms with E-state index in [9.17, 15) is 24.4 Å². The molecule has 1 aliphatic heterocycles. The lowest BCUT2D eigenvalue weighted by Gasteiger charge is -2.30. The molecule has 1 atom stereocenters. The molecule has 65 heavy (non-hydrogen) atoms. The van der Waals surface area contributed by atoms with Gasteiger partial charge in [0.25, 0.3) is 24.8 Å². The molecule has 0 N–H and O–H groups in total. The van der Waals surface area contributed by atoms with Gasteiger partial charge in [-0.05, 0) is 146 Å². The molecule has 13 heteroatoms. The molecule has 0 fully saturated rings. The van der Waals surface area contributed by atoms with Crippen LogP contribution in [-0.4, -0.2) is 36.2 Å². The number of nitrogens with zero attached hydrogens (tertiary/aromatic N) is 3. The van der Waals surface area contributed by atoms with Crippen molar-refractivity contribution in [1.82, 2.24) is 4.90 Å². The number of nitriles is 1. The predicted molar refractivity (Wildman–Crippen MR) is 264 cm³/mol. The number of rotatable bonds is 18. The number of hydrogen-bond donors (Lipinski definition) is 0. The molecule has 5 heterocycles. The lowest BCUT2D eigenvalue weighted by Crippen LogP contribution is -2.45. The molecule has 0 spiro atoms. The van der Waals surface area contributed by atoms with Crippen molar-refractivity contribution in [1.29, 1.82) is 5.26 Å². The van der Waals surface area contributed by atoms with E-state index in [1.54, 1.807) is 76.5 Å². The molecule has 7 aromatic rings. The molecule has 0 saturated carbocycles. The summed E-state index contributed by atoms with van der Waals surface area (Å²) in [5.74, 6) is 0.248. The third-order valence-corrected chi connectivity index (χ3v) is 16.2. The van der Waals surface area contributed by atoms with Crippen molar-refractivity contribution in [3.8, 4) is 57.3 Å². The van der Waals surface area contributed by atoms with E-state index in [1.807, 2.05) is 36.4 Å². The van der Waals surface area contributed by atoms with Crippen LogP contribution in [0.1, 0.15) is 51.3 Å². The standard InChI is InChI=1S/C52H43N3O6S4/c1-4-6-7-34(5-2)30-54-51(58)42(33(3)43(29-53)52(54)59)28-41-20-21-45(62-41)46-24-25-49(64-46)50-27-26-48(65-50)47-23-22-44(63-47)35-8-10-36(11-9-35)55(37-12-16-39(17-13-37)60-31-56)38-14-18-40(19-15-38)61-32-57/h8-28,31-32,34H,4-7,30H2,1-3H3/b42-28-. The Morgan fingerprint density at radius 3 is 1.57 bits per heavy atom. The first-order valence-electron chi connectivity index (χ1n) is 21.1. The summed E-state index contributed by atoms with van der Waals surface area (Å²) < 4.78 is 10.0. The third kappa shape index (κ3) is 9.87. The van der Waals surface area contributed by atoms with Crippen LogP contribution in [0.2, 0.25) is 0 Å². The van der Waals surface area contributed by atoms with Crippen LogP contribution in [0, 0.1) is 17.2 Å². The minimum Gasteiger partial charge on any atom is -0.429 e. The fourth-order valence-electron chi connectivity index (χ4n) is 7.69. The zero-order valence-electron chi connectivity index (χ0n) is 35.8. The van der Waals surface area contributed by atoms with E-state index in [2.05, 4.69) is 91.5 Å². The summed E-state index contributed by atoms with van der Waals surface area (Å²) in [6.07, 6.45) is 5.70. The molecular formula is C52H43N3O6S4. The average molecular weight is 934 g/mol. The van der Waals surface area contributed by atoms with Crippen molar-refractivity contribution in [2.24, 2.45) is 5.92 Å². The summed E-state index contributed by atoms with van der Waals surface area (Å²) in [7, 11) is 0. The number of thiophene rings is 4. The zero-order valence-corrected chi connectivity index (χ0v) is 39.1. The van der Waals surface area contributed by atoms with Crippen LogP contribution in [0.5, 0.6) is 11.5 Å². The van der Waals surface area contributed by atoms with Gasteiger partial charge in [0.05, 0.1) is 0 Å². The summed E-state index contributed by atoms with van der Waals surface area (Å²) in [4.78, 5) is 61.1. The van der Waals surface area contributed by atoms with Gasteiger partial charge in [0.15, 0.2) is 0 Å². The molecular weight excluding hydrogens is 891 g/mol. The summed E-state index contributed by atoms with van der Waals surface area (Å²) in [6, 6.07) is 41.9. The monoisotopic (exact) mass is 933 g/mol. The van der Waals surface area contributed by atoms with E-state index in [1.165, 1.54) is 24.4 Å². The van der Waals surface area contributed by atoms with Crippen LogP contribution in [0.4, 0.5) is 17.1 Å². The number of hydrogen-bond acceptors (Lipinski definition) is 12. The highest BCUT2D eigenvalue weighted by atomic mass is 32.1. The second kappa shape index (κ2) is 20.4. The van der Waals surface area contributed by atoms with Crippen LogP contribution >= 0.6 is 45.3 Å². The lowest BCUT2D eigenvalue weighted by atomic mass is 9.92. The molecule has 0 saturated heterocycles. The Kier molecular flexibility index (Phi) is 14.1. The predicted octanol–water partition coefficient (Wildman–Crippen LogP) is 13.9. The number of unbranched alkanes of at least 4 members (excludes halogenated alkanes) is 1. The second-order valence-electron chi connectivity index (χ2n) is 15.3. The minimum atomic E-state index is -0.493. The summed E-state index contributed by atoms with van der Waals surface area (Å²) in [5.41, 5.74) is 4.56. The van der Waals surface area contributed by atoms with Gasteiger partial charge < -0.3 is 14.4 Å². The number of carbonyl (C=O) groups is 4. The van der Waals surface area contributed by atoms with E-state index >= 15 is 0 Å². The number of benzene rings is 3. The van der Waals surface area contributed by atoms with Gasteiger partial charge in [-0.1, -0.05) is 45.2 Å². The first-order chi connectivity index (χ1) is 31.7. The van der Waals surface area contributed by atoms with Crippen LogP contribution < -0.4 is 14.4 Å². The molecule has 4 aromatic heterocycles. The Morgan fingerprint density at radius 2 is 1.09 bits per heavy atom. The fourth-order valence-corrected chi connectivity index (χ4v) is 11.9. The van der Waals surface area contributed by atoms with Gasteiger partial charge in [-0.25, -0.2) is 0 Å². The van der Waals surface area contributed by atoms with E-state index in [0.29, 0.717) is 42.1 Å². The molecule has 0 radical (unpaired) electrons. The molecule has 9 nitrogen and oxygen atoms in total. The van der Waals surface area contributed by atoms with Crippen LogP contribution in [0.25, 0.3) is 45.8 Å². The molecule has 0 aliphatic carbocycles. The Hall–Kier alpha value is -6.69. The van der Waals surface area contributed by atoms with E-state index in [-0.39, 0.29) is 17.4 Å². The number of anilines is 3. The summed E-state index contributed by atoms with van der Waals surface area (Å²) in [6.45, 7) is 7.03. The maximum Gasteiger partial charge on any atom is 0.298 e. The Morgan fingerprint density at radius 1 is 0.631 bits per heavy atom. The summed E-state index contributed by atoms with van der Waals surface area (Å²) in [5, 5.41) is 9.93. The van der Waals surface area contributed by atoms with Gasteiger partial charge in [-0.3, -0.25) is 24.1 Å². The quantitative estimate of drug-likeness (QED) is 0.0474. The van der Waals surface area contributed by atoms with E-state index in [0.717, 1.165) is 67.8 Å². The molecule has 3 aromatic carbocycles. The summed E-state index contributed by atoms with van der Waals surface area (Å²) >= 11 is 6.81. The SMILES string of the molecule is CCCCC(CC)CN1C(=O)C(C#N)=C(C)/C(=C/c2ccc(-c3ccc(-c4ccc(-c5ccc(-c6ccc(N(c7ccc(OC=O)cc7)c7ccc(OC=O)cc7)cc6)s5)s4)s3)s2)C1=O. The van der Waals surface area contributed by atoms with Gasteiger partial charge in [0, 0.05) is 68.2 Å². The maximum absolute atomic E-state index is 13.8. The third-order valence-electron chi connectivity index (χ3n) is 11.2. The molecule has 326 valence electrons. The number of imide groups is 1. The first kappa shape index (κ1) is 44.9. The molecule has 1 aliphatic rings. The highest BCUT2D eigenvalue weighted by molar-refractivity contribution is 7.29. The van der Waals surface area contributed by atoms with Gasteiger partial charge in [0.2, 0.25) is 0 Å². The molecule has 2 amide bonds. The fraction of sp³-hybridized carbons (Fsp3) is 0.173. The smallest absolute Gasteiger partial charge is 0.298 e. The van der Waals surface area contributed by atoms with E-state index < -0.39 is 5.91 Å². The van der Waals surface area contributed by atoms with Crippen molar-refractivity contribution in [3.05, 3.63) is 143 Å². The van der Waals surface area contributed by atoms with Crippen molar-refractivity contribution in [2.45, 2.75) is 46.5 Å². The topological polar surface area (TPSA) is 117 Å². The zero-order chi connectivity index (χ0) is 45.5. The van der Waals surface area contributed by atoms with E-state index in [4.69, 9.17) is 9.47 Å². The van der Waals surface area contributed by atoms with Crippen LogP contribution in [0.3, 0.4) is 0 Å². The number of carbonyl (C=O) groups excluding carboxylic acids is 4. The highest BCUT2D eigenvalue weighted by Gasteiger charge is 2.36. The largest absolute Gasteiger partial charge is 0.429 e. The molecule has 8 rings (SSSR count). The molecule has 0 bridgehead atoms. The lowest BCUT2D eigenvalue weighted by molar-refractivity contribution is -0.141. The first-order valence-corrected chi connectivity index (χ1v) is 24.4. The number of ether oxygens (including phenoxy) is 2. The minimum absolute atomic E-state index is 0.0355. The van der Waals surface area contributed by atoms with Crippen molar-refractivity contribution in [3.63, 3.8) is 0 Å². The van der Waals surface area contributed by atoms with Crippen LogP contribution in [-0.2, 0) is 19.2 Å². The van der Waals surface area contributed by atoms with Gasteiger partial charge in [0.1, 0.15) is 23.1 Å². The normalized spacial score (nSPS) is 13.8. The van der Waals surface area contributed by atoms with Gasteiger partial charge >= 0.3 is 0 Å². The van der Waals surface area contributed by atoms with Gasteiger partial charge in [-0.2, -0.15) is 5.26 Å². The highest BCUT2D eigenvalue weighted by Crippen LogP contribution is 2.45. The second-order valence-corrected chi connectivity index (χ2v) is 19.7. The van der Waals surface area contributed by atoms with Crippen LogP contribution in [0.15, 0.2) is 138 Å².